The van der Waals surface area contributed by atoms with Gasteiger partial charge in [-0.2, -0.15) is 0 Å². The van der Waals surface area contributed by atoms with Crippen LogP contribution in [0.4, 0.5) is 5.69 Å². The van der Waals surface area contributed by atoms with Crippen LogP contribution in [-0.2, 0) is 32.6 Å². The number of benzene rings is 4. The summed E-state index contributed by atoms with van der Waals surface area (Å²) >= 11 is 3.53. The first kappa shape index (κ1) is 35.9. The predicted octanol–water partition coefficient (Wildman–Crippen LogP) is 6.75. The summed E-state index contributed by atoms with van der Waals surface area (Å²) in [5.41, 5.74) is 1.79. The van der Waals surface area contributed by atoms with Crippen LogP contribution < -0.4 is 19.1 Å². The number of halogens is 1. The molecule has 49 heavy (non-hydrogen) atoms. The molecule has 9 nitrogen and oxygen atoms in total. The van der Waals surface area contributed by atoms with E-state index in [9.17, 15) is 18.0 Å². The Bertz CT molecular complexity index is 1820. The molecule has 1 fully saturated rings. The average Bonchev–Trinajstić information content (AvgIpc) is 3.12. The lowest BCUT2D eigenvalue weighted by atomic mass is 9.94. The van der Waals surface area contributed by atoms with Crippen LogP contribution in [0.2, 0.25) is 0 Å². The number of nitrogens with zero attached hydrogens (tertiary/aromatic N) is 2. The second-order valence-corrected chi connectivity index (χ2v) is 14.8. The minimum absolute atomic E-state index is 0.00194. The quantitative estimate of drug-likeness (QED) is 0.153. The van der Waals surface area contributed by atoms with Gasteiger partial charge in [0.15, 0.2) is 0 Å². The van der Waals surface area contributed by atoms with E-state index in [1.165, 1.54) is 37.3 Å². The van der Waals surface area contributed by atoms with E-state index in [2.05, 4.69) is 21.2 Å². The maximum absolute atomic E-state index is 14.8. The molecular weight excluding hydrogens is 706 g/mol. The fraction of sp³-hybridized carbons (Fsp3) is 0.316. The highest BCUT2D eigenvalue weighted by atomic mass is 79.9. The van der Waals surface area contributed by atoms with Gasteiger partial charge in [0.05, 0.1) is 24.8 Å². The van der Waals surface area contributed by atoms with Gasteiger partial charge >= 0.3 is 0 Å². The summed E-state index contributed by atoms with van der Waals surface area (Å²) in [6.07, 6.45) is 5.19. The van der Waals surface area contributed by atoms with Crippen molar-refractivity contribution in [2.24, 2.45) is 0 Å². The molecule has 4 aromatic rings. The molecule has 1 aliphatic rings. The van der Waals surface area contributed by atoms with Crippen molar-refractivity contribution in [3.05, 3.63) is 119 Å². The van der Waals surface area contributed by atoms with Crippen molar-refractivity contribution in [3.8, 4) is 11.5 Å². The molecule has 0 unspecified atom stereocenters. The maximum Gasteiger partial charge on any atom is 0.264 e. The first-order valence-electron chi connectivity index (χ1n) is 16.4. The van der Waals surface area contributed by atoms with Crippen LogP contribution in [0.1, 0.15) is 43.2 Å². The number of amides is 2. The van der Waals surface area contributed by atoms with Gasteiger partial charge in [-0.15, -0.1) is 0 Å². The van der Waals surface area contributed by atoms with E-state index in [0.717, 1.165) is 52.0 Å². The van der Waals surface area contributed by atoms with Gasteiger partial charge in [0.25, 0.3) is 10.0 Å². The van der Waals surface area contributed by atoms with Crippen LogP contribution in [-0.4, -0.2) is 58.0 Å². The lowest BCUT2D eigenvalue weighted by molar-refractivity contribution is -0.140. The van der Waals surface area contributed by atoms with E-state index in [0.29, 0.717) is 5.75 Å². The van der Waals surface area contributed by atoms with E-state index in [1.807, 2.05) is 54.6 Å². The fourth-order valence-corrected chi connectivity index (χ4v) is 8.04. The molecular formula is C38H42BrN3O6S. The van der Waals surface area contributed by atoms with Crippen LogP contribution in [0.3, 0.4) is 0 Å². The molecule has 2 amide bonds. The third-order valence-corrected chi connectivity index (χ3v) is 11.0. The smallest absolute Gasteiger partial charge is 0.264 e. The van der Waals surface area contributed by atoms with Gasteiger partial charge < -0.3 is 19.7 Å². The molecule has 1 aliphatic carbocycles. The summed E-state index contributed by atoms with van der Waals surface area (Å²) in [6.45, 7) is -0.529. The Morgan fingerprint density at radius 1 is 0.837 bits per heavy atom. The van der Waals surface area contributed by atoms with Gasteiger partial charge in [-0.3, -0.25) is 13.9 Å². The van der Waals surface area contributed by atoms with E-state index in [4.69, 9.17) is 9.47 Å². The zero-order valence-corrected chi connectivity index (χ0v) is 30.2. The molecule has 4 aromatic carbocycles. The van der Waals surface area contributed by atoms with Gasteiger partial charge in [-0.05, 0) is 60.4 Å². The molecule has 1 N–H and O–H groups in total. The summed E-state index contributed by atoms with van der Waals surface area (Å²) in [7, 11) is -1.39. The number of rotatable bonds is 14. The molecule has 0 aromatic heterocycles. The number of carbonyl (C=O) groups is 2. The predicted molar refractivity (Wildman–Crippen MR) is 194 cm³/mol. The van der Waals surface area contributed by atoms with Crippen molar-refractivity contribution < 1.29 is 27.5 Å². The van der Waals surface area contributed by atoms with E-state index in [-0.39, 0.29) is 41.2 Å². The van der Waals surface area contributed by atoms with Crippen molar-refractivity contribution in [3.63, 3.8) is 0 Å². The molecule has 0 aliphatic heterocycles. The van der Waals surface area contributed by atoms with Crippen LogP contribution in [0, 0.1) is 0 Å². The van der Waals surface area contributed by atoms with Gasteiger partial charge in [0, 0.05) is 29.5 Å². The van der Waals surface area contributed by atoms with Crippen molar-refractivity contribution >= 4 is 43.5 Å². The molecule has 1 saturated carbocycles. The summed E-state index contributed by atoms with van der Waals surface area (Å²) in [5.74, 6) is -0.196. The fourth-order valence-electron chi connectivity index (χ4n) is 6.15. The van der Waals surface area contributed by atoms with Gasteiger partial charge in [0.1, 0.15) is 24.1 Å². The highest BCUT2D eigenvalue weighted by Crippen LogP contribution is 2.36. The highest BCUT2D eigenvalue weighted by Gasteiger charge is 2.36. The van der Waals surface area contributed by atoms with Crippen molar-refractivity contribution in [2.75, 3.05) is 25.1 Å². The minimum atomic E-state index is -4.31. The van der Waals surface area contributed by atoms with E-state index < -0.39 is 28.5 Å². The molecule has 0 bridgehead atoms. The van der Waals surface area contributed by atoms with Crippen molar-refractivity contribution in [2.45, 2.75) is 62.0 Å². The summed E-state index contributed by atoms with van der Waals surface area (Å²) in [4.78, 5) is 30.6. The van der Waals surface area contributed by atoms with Gasteiger partial charge in [-0.1, -0.05) is 95.9 Å². The normalized spacial score (nSPS) is 14.0. The minimum Gasteiger partial charge on any atom is -0.497 e. The lowest BCUT2D eigenvalue weighted by Gasteiger charge is -2.35. The van der Waals surface area contributed by atoms with Gasteiger partial charge in [0.2, 0.25) is 11.8 Å². The van der Waals surface area contributed by atoms with E-state index >= 15 is 0 Å². The number of nitrogens with one attached hydrogen (secondary N) is 1. The van der Waals surface area contributed by atoms with Crippen molar-refractivity contribution in [1.29, 1.82) is 0 Å². The Morgan fingerprint density at radius 3 is 2.16 bits per heavy atom. The Balaban J connectivity index is 1.61. The number of methoxy groups -OCH3 is 2. The zero-order chi connectivity index (χ0) is 34.8. The zero-order valence-electron chi connectivity index (χ0n) is 27.8. The van der Waals surface area contributed by atoms with Crippen LogP contribution >= 0.6 is 15.9 Å². The third kappa shape index (κ3) is 9.21. The molecule has 0 radical (unpaired) electrons. The second kappa shape index (κ2) is 16.8. The molecule has 5 rings (SSSR count). The Kier molecular flexibility index (Phi) is 12.4. The molecule has 11 heteroatoms. The Morgan fingerprint density at radius 2 is 1.51 bits per heavy atom. The topological polar surface area (TPSA) is 105 Å². The third-order valence-electron chi connectivity index (χ3n) is 8.73. The Labute approximate surface area is 297 Å². The van der Waals surface area contributed by atoms with Gasteiger partial charge in [-0.25, -0.2) is 8.42 Å². The largest absolute Gasteiger partial charge is 0.497 e. The number of carbonyl (C=O) groups excluding carboxylic acids is 2. The first-order valence-corrected chi connectivity index (χ1v) is 18.6. The monoisotopic (exact) mass is 747 g/mol. The summed E-state index contributed by atoms with van der Waals surface area (Å²) in [6, 6.07) is 28.9. The Hall–Kier alpha value is -4.35. The first-order chi connectivity index (χ1) is 23.7. The number of sulfonamides is 1. The summed E-state index contributed by atoms with van der Waals surface area (Å²) < 4.78 is 41.7. The van der Waals surface area contributed by atoms with Crippen LogP contribution in [0.15, 0.2) is 112 Å². The number of anilines is 1. The highest BCUT2D eigenvalue weighted by molar-refractivity contribution is 9.10. The maximum atomic E-state index is 14.8. The van der Waals surface area contributed by atoms with Crippen LogP contribution in [0.5, 0.6) is 11.5 Å². The molecule has 0 saturated heterocycles. The number of hydrogen-bond acceptors (Lipinski definition) is 6. The molecule has 0 spiro atoms. The number of ether oxygens (including phenoxy) is 2. The number of hydrogen-bond donors (Lipinski definition) is 1. The second-order valence-electron chi connectivity index (χ2n) is 12.1. The molecule has 1 atom stereocenters. The average molecular weight is 749 g/mol. The van der Waals surface area contributed by atoms with E-state index in [1.54, 1.807) is 30.3 Å². The molecule has 258 valence electrons. The standard InChI is InChI=1S/C38H42BrN3O6S/c1-47-32-21-22-36(48-2)34(25-32)42(49(45,46)33-19-10-5-11-20-33)27-37(43)41(26-29-15-12-16-30(39)23-29)35(24-28-13-6-3-7-14-28)38(44)40-31-17-8-4-9-18-31/h3,5-7,10-16,19-23,25,31,35H,4,8-9,17-18,24,26-27H2,1-2H3,(H,40,44)/t35-/m0/s1. The van der Waals surface area contributed by atoms with Crippen molar-refractivity contribution in [1.82, 2.24) is 10.2 Å². The van der Waals surface area contributed by atoms with Crippen LogP contribution in [0.25, 0.3) is 0 Å². The summed E-state index contributed by atoms with van der Waals surface area (Å²) in [5, 5.41) is 3.24. The molecule has 0 heterocycles. The SMILES string of the molecule is COc1ccc(OC)c(N(CC(=O)N(Cc2cccc(Br)c2)[C@@H](Cc2ccccc2)C(=O)NC2CCCCC2)S(=O)(=O)c2ccccc2)c1. The lowest BCUT2D eigenvalue weighted by Crippen LogP contribution is -2.55.